The lowest BCUT2D eigenvalue weighted by Crippen LogP contribution is -2.50. The quantitative estimate of drug-likeness (QED) is 0.727. The third-order valence-electron chi connectivity index (χ3n) is 3.12. The average molecular weight is 262 g/mol. The van der Waals surface area contributed by atoms with Crippen LogP contribution in [0.4, 0.5) is 0 Å². The van der Waals surface area contributed by atoms with Gasteiger partial charge in [0, 0.05) is 25.6 Å². The lowest BCUT2D eigenvalue weighted by molar-refractivity contribution is -0.124. The Morgan fingerprint density at radius 2 is 2.24 bits per heavy atom. The molecule has 1 aliphatic heterocycles. The van der Waals surface area contributed by atoms with Gasteiger partial charge in [0.25, 0.3) is 0 Å². The smallest absolute Gasteiger partial charge is 0.222 e. The number of hydrogen-bond donors (Lipinski definition) is 2. The molecule has 0 aromatic carbocycles. The molecule has 6 heteroatoms. The highest BCUT2D eigenvalue weighted by Crippen LogP contribution is 2.07. The highest BCUT2D eigenvalue weighted by Gasteiger charge is 2.29. The molecule has 0 radical (unpaired) electrons. The van der Waals surface area contributed by atoms with E-state index in [0.717, 1.165) is 12.8 Å². The van der Waals surface area contributed by atoms with Crippen LogP contribution in [0.5, 0.6) is 0 Å². The minimum Gasteiger partial charge on any atom is -0.355 e. The summed E-state index contributed by atoms with van der Waals surface area (Å²) < 4.78 is 23.4. The first-order chi connectivity index (χ1) is 7.97. The van der Waals surface area contributed by atoms with E-state index in [2.05, 4.69) is 10.6 Å². The van der Waals surface area contributed by atoms with Gasteiger partial charge in [-0.2, -0.15) is 0 Å². The molecule has 0 aromatic rings. The van der Waals surface area contributed by atoms with Gasteiger partial charge in [-0.05, 0) is 6.42 Å². The molecule has 17 heavy (non-hydrogen) atoms. The van der Waals surface area contributed by atoms with Gasteiger partial charge >= 0.3 is 0 Å². The molecule has 1 amide bonds. The molecule has 100 valence electrons. The summed E-state index contributed by atoms with van der Waals surface area (Å²) in [5, 5.41) is 5.29. The standard InChI is InChI=1S/C11H22N2O3S/c1-3-4-9(2)11(14)13-8-10-7-12-5-6-17(10,15)16/h9-10,12H,3-8H2,1-2H3,(H,13,14). The molecule has 1 heterocycles. The van der Waals surface area contributed by atoms with E-state index in [-0.39, 0.29) is 24.1 Å². The zero-order valence-electron chi connectivity index (χ0n) is 10.5. The summed E-state index contributed by atoms with van der Waals surface area (Å²) in [6.07, 6.45) is 1.79. The van der Waals surface area contributed by atoms with Crippen molar-refractivity contribution < 1.29 is 13.2 Å². The van der Waals surface area contributed by atoms with Crippen LogP contribution in [0.15, 0.2) is 0 Å². The maximum atomic E-state index is 11.7. The average Bonchev–Trinajstić information content (AvgIpc) is 2.27. The molecule has 2 unspecified atom stereocenters. The molecule has 1 rings (SSSR count). The summed E-state index contributed by atoms with van der Waals surface area (Å²) in [5.41, 5.74) is 0. The molecule has 2 atom stereocenters. The zero-order valence-corrected chi connectivity index (χ0v) is 11.3. The minimum absolute atomic E-state index is 0.0424. The van der Waals surface area contributed by atoms with Crippen molar-refractivity contribution in [1.82, 2.24) is 10.6 Å². The molecule has 5 nitrogen and oxygen atoms in total. The lowest BCUT2D eigenvalue weighted by Gasteiger charge is -2.24. The Labute approximate surface area is 103 Å². The van der Waals surface area contributed by atoms with E-state index in [1.807, 2.05) is 13.8 Å². The van der Waals surface area contributed by atoms with Gasteiger partial charge in [-0.15, -0.1) is 0 Å². The van der Waals surface area contributed by atoms with Crippen LogP contribution in [0, 0.1) is 5.92 Å². The number of carbonyl (C=O) groups excluding carboxylic acids is 1. The van der Waals surface area contributed by atoms with E-state index in [0.29, 0.717) is 13.1 Å². The Hall–Kier alpha value is -0.620. The van der Waals surface area contributed by atoms with Crippen molar-refractivity contribution in [3.05, 3.63) is 0 Å². The van der Waals surface area contributed by atoms with Crippen molar-refractivity contribution in [1.29, 1.82) is 0 Å². The van der Waals surface area contributed by atoms with Crippen molar-refractivity contribution in [3.8, 4) is 0 Å². The maximum absolute atomic E-state index is 11.7. The number of sulfone groups is 1. The number of amides is 1. The number of rotatable bonds is 5. The summed E-state index contributed by atoms with van der Waals surface area (Å²) in [5.74, 6) is 0.0739. The first kappa shape index (κ1) is 14.4. The second-order valence-electron chi connectivity index (χ2n) is 4.63. The van der Waals surface area contributed by atoms with Crippen molar-refractivity contribution >= 4 is 15.7 Å². The fourth-order valence-electron chi connectivity index (χ4n) is 1.92. The molecule has 0 aliphatic carbocycles. The minimum atomic E-state index is -3.03. The van der Waals surface area contributed by atoms with Crippen LogP contribution in [0.25, 0.3) is 0 Å². The van der Waals surface area contributed by atoms with E-state index < -0.39 is 15.1 Å². The van der Waals surface area contributed by atoms with Crippen LogP contribution < -0.4 is 10.6 Å². The summed E-state index contributed by atoms with van der Waals surface area (Å²) in [6.45, 7) is 5.07. The summed E-state index contributed by atoms with van der Waals surface area (Å²) in [4.78, 5) is 11.7. The number of nitrogens with one attached hydrogen (secondary N) is 2. The Morgan fingerprint density at radius 1 is 1.53 bits per heavy atom. The van der Waals surface area contributed by atoms with Gasteiger partial charge in [0.15, 0.2) is 9.84 Å². The molecule has 1 fully saturated rings. The molecule has 0 spiro atoms. The Balaban J connectivity index is 2.42. The van der Waals surface area contributed by atoms with Crippen molar-refractivity contribution in [3.63, 3.8) is 0 Å². The Morgan fingerprint density at radius 3 is 2.82 bits per heavy atom. The molecule has 2 N–H and O–H groups in total. The SMILES string of the molecule is CCCC(C)C(=O)NCC1CNCCS1(=O)=O. The van der Waals surface area contributed by atoms with Gasteiger partial charge in [-0.3, -0.25) is 4.79 Å². The van der Waals surface area contributed by atoms with E-state index >= 15 is 0 Å². The highest BCUT2D eigenvalue weighted by molar-refractivity contribution is 7.92. The predicted octanol–water partition coefficient (Wildman–Crippen LogP) is -0.0746. The van der Waals surface area contributed by atoms with Gasteiger partial charge in [0.2, 0.25) is 5.91 Å². The second kappa shape index (κ2) is 6.35. The second-order valence-corrected chi connectivity index (χ2v) is 7.03. The fourth-order valence-corrected chi connectivity index (χ4v) is 3.39. The van der Waals surface area contributed by atoms with E-state index in [9.17, 15) is 13.2 Å². The van der Waals surface area contributed by atoms with Crippen LogP contribution in [0.3, 0.4) is 0 Å². The van der Waals surface area contributed by atoms with E-state index in [1.165, 1.54) is 0 Å². The highest BCUT2D eigenvalue weighted by atomic mass is 32.2. The molecule has 0 bridgehead atoms. The summed E-state index contributed by atoms with van der Waals surface area (Å²) >= 11 is 0. The topological polar surface area (TPSA) is 75.3 Å². The summed E-state index contributed by atoms with van der Waals surface area (Å²) in [6, 6.07) is 0. The van der Waals surface area contributed by atoms with Gasteiger partial charge in [0.1, 0.15) is 0 Å². The Kier molecular flexibility index (Phi) is 5.39. The van der Waals surface area contributed by atoms with Crippen LogP contribution in [-0.4, -0.2) is 45.0 Å². The molecular formula is C11H22N2O3S. The van der Waals surface area contributed by atoms with Crippen LogP contribution in [0.2, 0.25) is 0 Å². The largest absolute Gasteiger partial charge is 0.355 e. The maximum Gasteiger partial charge on any atom is 0.222 e. The third kappa shape index (κ3) is 4.27. The molecule has 0 aromatic heterocycles. The monoisotopic (exact) mass is 262 g/mol. The van der Waals surface area contributed by atoms with Gasteiger partial charge < -0.3 is 10.6 Å². The number of carbonyl (C=O) groups is 1. The molecular weight excluding hydrogens is 240 g/mol. The number of hydrogen-bond acceptors (Lipinski definition) is 4. The van der Waals surface area contributed by atoms with Crippen LogP contribution >= 0.6 is 0 Å². The van der Waals surface area contributed by atoms with Crippen LogP contribution in [-0.2, 0) is 14.6 Å². The predicted molar refractivity (Wildman–Crippen MR) is 67.5 cm³/mol. The first-order valence-electron chi connectivity index (χ1n) is 6.17. The van der Waals surface area contributed by atoms with Crippen molar-refractivity contribution in [2.75, 3.05) is 25.4 Å². The van der Waals surface area contributed by atoms with Crippen LogP contribution in [0.1, 0.15) is 26.7 Å². The molecule has 1 aliphatic rings. The fraction of sp³-hybridized carbons (Fsp3) is 0.909. The summed E-state index contributed by atoms with van der Waals surface area (Å²) in [7, 11) is -3.03. The first-order valence-corrected chi connectivity index (χ1v) is 7.89. The van der Waals surface area contributed by atoms with Crippen molar-refractivity contribution in [2.24, 2.45) is 5.92 Å². The van der Waals surface area contributed by atoms with Gasteiger partial charge in [-0.25, -0.2) is 8.42 Å². The van der Waals surface area contributed by atoms with E-state index in [4.69, 9.17) is 0 Å². The van der Waals surface area contributed by atoms with Gasteiger partial charge in [-0.1, -0.05) is 20.3 Å². The van der Waals surface area contributed by atoms with Crippen molar-refractivity contribution in [2.45, 2.75) is 31.9 Å². The molecule has 0 saturated carbocycles. The lowest BCUT2D eigenvalue weighted by atomic mass is 10.1. The molecule has 1 saturated heterocycles. The Bertz CT molecular complexity index is 354. The van der Waals surface area contributed by atoms with E-state index in [1.54, 1.807) is 0 Å². The van der Waals surface area contributed by atoms with Gasteiger partial charge in [0.05, 0.1) is 11.0 Å². The zero-order chi connectivity index (χ0) is 12.9. The third-order valence-corrected chi connectivity index (χ3v) is 5.24. The normalized spacial score (nSPS) is 25.2.